The van der Waals surface area contributed by atoms with Crippen LogP contribution in [0.25, 0.3) is 0 Å². The van der Waals surface area contributed by atoms with Crippen molar-refractivity contribution in [3.63, 3.8) is 0 Å². The Kier molecular flexibility index (Phi) is 5.09. The first kappa shape index (κ1) is 16.2. The number of carbonyl (C=O) groups is 1. The molecule has 0 heterocycles. The van der Waals surface area contributed by atoms with Gasteiger partial charge in [-0.05, 0) is 42.5 Å². The van der Waals surface area contributed by atoms with E-state index >= 15 is 0 Å². The molecule has 3 nitrogen and oxygen atoms in total. The van der Waals surface area contributed by atoms with Crippen LogP contribution in [0, 0.1) is 5.92 Å². The topological polar surface area (TPSA) is 38.3 Å². The lowest BCUT2D eigenvalue weighted by molar-refractivity contribution is -0.124. The number of nitrogens with one attached hydrogen (secondary N) is 1. The molecule has 0 bridgehead atoms. The van der Waals surface area contributed by atoms with Gasteiger partial charge in [-0.15, -0.1) is 0 Å². The zero-order valence-electron chi connectivity index (χ0n) is 12.5. The van der Waals surface area contributed by atoms with Gasteiger partial charge in [0.15, 0.2) is 6.61 Å². The molecule has 2 aromatic rings. The highest BCUT2D eigenvalue weighted by Crippen LogP contribution is 2.40. The number of amides is 1. The summed E-state index contributed by atoms with van der Waals surface area (Å²) < 4.78 is 5.49. The molecule has 1 fully saturated rings. The van der Waals surface area contributed by atoms with E-state index in [2.05, 4.69) is 5.32 Å². The molecule has 5 heteroatoms. The third-order valence-corrected chi connectivity index (χ3v) is 4.35. The zero-order chi connectivity index (χ0) is 16.2. The van der Waals surface area contributed by atoms with Crippen LogP contribution in [0.15, 0.2) is 48.5 Å². The van der Waals surface area contributed by atoms with Crippen LogP contribution in [0.4, 0.5) is 0 Å². The molecule has 23 heavy (non-hydrogen) atoms. The lowest BCUT2D eigenvalue weighted by Gasteiger charge is -2.19. The van der Waals surface area contributed by atoms with E-state index in [1.54, 1.807) is 18.2 Å². The zero-order valence-corrected chi connectivity index (χ0v) is 14.0. The minimum absolute atomic E-state index is 0.0491. The predicted octanol–water partition coefficient (Wildman–Crippen LogP) is 4.64. The van der Waals surface area contributed by atoms with Crippen molar-refractivity contribution in [3.05, 3.63) is 64.1 Å². The van der Waals surface area contributed by atoms with Crippen LogP contribution in [-0.4, -0.2) is 12.5 Å². The van der Waals surface area contributed by atoms with Crippen molar-refractivity contribution in [2.24, 2.45) is 5.92 Å². The maximum absolute atomic E-state index is 12.2. The summed E-state index contributed by atoms with van der Waals surface area (Å²) >= 11 is 11.9. The lowest BCUT2D eigenvalue weighted by Crippen LogP contribution is -2.33. The van der Waals surface area contributed by atoms with Crippen molar-refractivity contribution in [1.29, 1.82) is 0 Å². The monoisotopic (exact) mass is 349 g/mol. The summed E-state index contributed by atoms with van der Waals surface area (Å²) in [5, 5.41) is 3.99. The largest absolute Gasteiger partial charge is 0.482 e. The van der Waals surface area contributed by atoms with Gasteiger partial charge in [-0.25, -0.2) is 0 Å². The quantitative estimate of drug-likeness (QED) is 0.824. The number of hydrogen-bond acceptors (Lipinski definition) is 2. The molecule has 3 rings (SSSR count). The fourth-order valence-corrected chi connectivity index (χ4v) is 2.98. The van der Waals surface area contributed by atoms with Crippen molar-refractivity contribution >= 4 is 29.1 Å². The highest BCUT2D eigenvalue weighted by molar-refractivity contribution is 6.35. The van der Waals surface area contributed by atoms with Crippen molar-refractivity contribution in [2.45, 2.75) is 18.9 Å². The number of halogens is 2. The summed E-state index contributed by atoms with van der Waals surface area (Å²) in [5.41, 5.74) is 1.13. The van der Waals surface area contributed by atoms with E-state index in [9.17, 15) is 4.79 Å². The molecule has 0 aliphatic heterocycles. The van der Waals surface area contributed by atoms with Crippen LogP contribution in [-0.2, 0) is 4.79 Å². The number of rotatable bonds is 6. The van der Waals surface area contributed by atoms with Crippen molar-refractivity contribution in [3.8, 4) is 5.75 Å². The standard InChI is InChI=1S/C18H17Cl2NO2/c19-14-8-9-16(15(20)10-14)23-11-17(22)21-18(13-6-7-13)12-4-2-1-3-5-12/h1-5,8-10,13,18H,6-7,11H2,(H,21,22)/t18-/m1/s1. The van der Waals surface area contributed by atoms with Gasteiger partial charge >= 0.3 is 0 Å². The van der Waals surface area contributed by atoms with Crippen LogP contribution in [0.2, 0.25) is 10.0 Å². The second kappa shape index (κ2) is 7.24. The number of ether oxygens (including phenoxy) is 1. The molecule has 0 radical (unpaired) electrons. The number of carbonyl (C=O) groups excluding carboxylic acids is 1. The molecule has 2 aromatic carbocycles. The molecule has 1 amide bonds. The van der Waals surface area contributed by atoms with Crippen LogP contribution in [0.1, 0.15) is 24.4 Å². The fourth-order valence-electron chi connectivity index (χ4n) is 2.51. The number of hydrogen-bond donors (Lipinski definition) is 1. The Morgan fingerprint density at radius 2 is 1.91 bits per heavy atom. The summed E-state index contributed by atoms with van der Waals surface area (Å²) in [5.74, 6) is 0.811. The van der Waals surface area contributed by atoms with E-state index in [1.807, 2.05) is 30.3 Å². The molecule has 1 aliphatic rings. The van der Waals surface area contributed by atoms with Gasteiger partial charge in [-0.3, -0.25) is 4.79 Å². The minimum Gasteiger partial charge on any atom is -0.482 e. The second-order valence-electron chi connectivity index (χ2n) is 5.66. The Balaban J connectivity index is 1.59. The van der Waals surface area contributed by atoms with Gasteiger partial charge in [0, 0.05) is 5.02 Å². The molecule has 1 atom stereocenters. The Bertz CT molecular complexity index is 687. The smallest absolute Gasteiger partial charge is 0.258 e. The van der Waals surface area contributed by atoms with Crippen molar-refractivity contribution < 1.29 is 9.53 Å². The van der Waals surface area contributed by atoms with Crippen LogP contribution >= 0.6 is 23.2 Å². The van der Waals surface area contributed by atoms with Gasteiger partial charge in [0.1, 0.15) is 5.75 Å². The van der Waals surface area contributed by atoms with Crippen molar-refractivity contribution in [2.75, 3.05) is 6.61 Å². The first-order valence-electron chi connectivity index (χ1n) is 7.55. The normalized spacial score (nSPS) is 15.0. The van der Waals surface area contributed by atoms with Gasteiger partial charge in [0.25, 0.3) is 5.91 Å². The molecule has 1 N–H and O–H groups in total. The van der Waals surface area contributed by atoms with Gasteiger partial charge < -0.3 is 10.1 Å². The molecular weight excluding hydrogens is 333 g/mol. The van der Waals surface area contributed by atoms with Crippen molar-refractivity contribution in [1.82, 2.24) is 5.32 Å². The third-order valence-electron chi connectivity index (χ3n) is 3.82. The van der Waals surface area contributed by atoms with E-state index in [0.717, 1.165) is 18.4 Å². The average molecular weight is 350 g/mol. The van der Waals surface area contributed by atoms with E-state index in [0.29, 0.717) is 21.7 Å². The summed E-state index contributed by atoms with van der Waals surface area (Å²) in [6, 6.07) is 15.0. The maximum atomic E-state index is 12.2. The van der Waals surface area contributed by atoms with E-state index in [4.69, 9.17) is 27.9 Å². The molecule has 0 spiro atoms. The Morgan fingerprint density at radius 3 is 2.57 bits per heavy atom. The minimum atomic E-state index is -0.156. The first-order valence-corrected chi connectivity index (χ1v) is 8.31. The molecule has 1 aliphatic carbocycles. The summed E-state index contributed by atoms with van der Waals surface area (Å²) in [4.78, 5) is 12.2. The van der Waals surface area contributed by atoms with E-state index in [-0.39, 0.29) is 18.6 Å². The average Bonchev–Trinajstić information content (AvgIpc) is 3.37. The molecule has 120 valence electrons. The maximum Gasteiger partial charge on any atom is 0.258 e. The molecular formula is C18H17Cl2NO2. The van der Waals surface area contributed by atoms with Crippen LogP contribution < -0.4 is 10.1 Å². The highest BCUT2D eigenvalue weighted by atomic mass is 35.5. The Hall–Kier alpha value is -1.71. The summed E-state index contributed by atoms with van der Waals surface area (Å²) in [7, 11) is 0. The molecule has 1 saturated carbocycles. The second-order valence-corrected chi connectivity index (χ2v) is 6.50. The molecule has 0 aromatic heterocycles. The van der Waals surface area contributed by atoms with Gasteiger partial charge in [0.2, 0.25) is 0 Å². The fraction of sp³-hybridized carbons (Fsp3) is 0.278. The Morgan fingerprint density at radius 1 is 1.17 bits per heavy atom. The SMILES string of the molecule is O=C(COc1ccc(Cl)cc1Cl)N[C@H](c1ccccc1)C1CC1. The van der Waals surface area contributed by atoms with Gasteiger partial charge in [0.05, 0.1) is 11.1 Å². The van der Waals surface area contributed by atoms with E-state index in [1.165, 1.54) is 0 Å². The third kappa shape index (κ3) is 4.40. The van der Waals surface area contributed by atoms with Gasteiger partial charge in [-0.2, -0.15) is 0 Å². The van der Waals surface area contributed by atoms with Crippen LogP contribution in [0.3, 0.4) is 0 Å². The lowest BCUT2D eigenvalue weighted by atomic mass is 10.0. The number of benzene rings is 2. The van der Waals surface area contributed by atoms with Gasteiger partial charge in [-0.1, -0.05) is 53.5 Å². The van der Waals surface area contributed by atoms with Crippen LogP contribution in [0.5, 0.6) is 5.75 Å². The predicted molar refractivity (Wildman–Crippen MR) is 92.0 cm³/mol. The first-order chi connectivity index (χ1) is 11.1. The summed E-state index contributed by atoms with van der Waals surface area (Å²) in [6.45, 7) is -0.0720. The Labute approximate surface area is 145 Å². The molecule has 0 unspecified atom stereocenters. The highest BCUT2D eigenvalue weighted by Gasteiger charge is 2.33. The van der Waals surface area contributed by atoms with E-state index < -0.39 is 0 Å². The molecule has 0 saturated heterocycles. The summed E-state index contributed by atoms with van der Waals surface area (Å²) in [6.07, 6.45) is 2.29.